The number of carbonyl (C=O) groups excluding carboxylic acids is 3. The molecule has 1 saturated heterocycles. The smallest absolute Gasteiger partial charge is 0.343 e. The molecule has 8 nitrogen and oxygen atoms in total. The maximum Gasteiger partial charge on any atom is 0.343 e. The highest BCUT2D eigenvalue weighted by Crippen LogP contribution is 2.31. The van der Waals surface area contributed by atoms with E-state index in [1.54, 1.807) is 66.7 Å². The molecule has 1 aliphatic heterocycles. The van der Waals surface area contributed by atoms with Crippen LogP contribution in [0.15, 0.2) is 90.5 Å². The van der Waals surface area contributed by atoms with Crippen molar-refractivity contribution < 1.29 is 24.3 Å². The molecular weight excluding hydrogens is 494 g/mol. The average Bonchev–Trinajstić information content (AvgIpc) is 3.20. The molecule has 0 radical (unpaired) electrons. The van der Waals surface area contributed by atoms with E-state index in [9.17, 15) is 24.3 Å². The molecule has 4 aromatic rings. The van der Waals surface area contributed by atoms with Crippen LogP contribution in [0, 0.1) is 20.8 Å². The Morgan fingerprint density at radius 2 is 1.26 bits per heavy atom. The topological polar surface area (TPSA) is 99.9 Å². The zero-order valence-electron chi connectivity index (χ0n) is 21.6. The van der Waals surface area contributed by atoms with E-state index in [-0.39, 0.29) is 11.1 Å². The number of anilines is 2. The molecule has 8 heteroatoms. The lowest BCUT2D eigenvalue weighted by atomic mass is 10.0. The average molecular weight is 520 g/mol. The molecule has 0 saturated carbocycles. The van der Waals surface area contributed by atoms with Gasteiger partial charge in [-0.2, -0.15) is 0 Å². The largest absolute Gasteiger partial charge is 0.478 e. The van der Waals surface area contributed by atoms with E-state index in [4.69, 9.17) is 0 Å². The molecule has 194 valence electrons. The number of urea groups is 1. The first-order valence-electron chi connectivity index (χ1n) is 12.3. The van der Waals surface area contributed by atoms with E-state index < -0.39 is 23.8 Å². The van der Waals surface area contributed by atoms with Crippen LogP contribution in [0.25, 0.3) is 11.8 Å². The summed E-state index contributed by atoms with van der Waals surface area (Å²) in [6.45, 7) is 5.63. The van der Waals surface area contributed by atoms with Gasteiger partial charge in [0.15, 0.2) is 0 Å². The summed E-state index contributed by atoms with van der Waals surface area (Å²) in [6, 6.07) is 23.0. The van der Waals surface area contributed by atoms with Gasteiger partial charge < -0.3 is 9.67 Å². The van der Waals surface area contributed by atoms with Crippen LogP contribution in [0.1, 0.15) is 32.9 Å². The second kappa shape index (κ2) is 9.90. The maximum absolute atomic E-state index is 13.7. The number of hydrogen-bond acceptors (Lipinski definition) is 4. The van der Waals surface area contributed by atoms with Crippen molar-refractivity contribution in [1.82, 2.24) is 4.57 Å². The summed E-state index contributed by atoms with van der Waals surface area (Å²) >= 11 is 0. The third kappa shape index (κ3) is 4.53. The lowest BCUT2D eigenvalue weighted by molar-refractivity contribution is -0.121. The monoisotopic (exact) mass is 519 g/mol. The molecular formula is C31H25N3O5. The van der Waals surface area contributed by atoms with Crippen LogP contribution in [0.2, 0.25) is 0 Å². The van der Waals surface area contributed by atoms with Gasteiger partial charge in [-0.15, -0.1) is 0 Å². The van der Waals surface area contributed by atoms with Crippen LogP contribution >= 0.6 is 0 Å². The third-order valence-electron chi connectivity index (χ3n) is 6.70. The number of benzene rings is 3. The van der Waals surface area contributed by atoms with Gasteiger partial charge in [0.2, 0.25) is 0 Å². The number of aryl methyl sites for hydroxylation is 2. The molecule has 3 aromatic carbocycles. The fraction of sp³-hybridized carbons (Fsp3) is 0.0968. The Morgan fingerprint density at radius 1 is 0.718 bits per heavy atom. The first kappa shape index (κ1) is 25.4. The molecule has 2 heterocycles. The van der Waals surface area contributed by atoms with Crippen LogP contribution in [0.4, 0.5) is 16.2 Å². The second-order valence-electron chi connectivity index (χ2n) is 9.31. The van der Waals surface area contributed by atoms with Crippen molar-refractivity contribution in [3.05, 3.63) is 119 Å². The number of amides is 4. The van der Waals surface area contributed by atoms with Crippen molar-refractivity contribution in [1.29, 1.82) is 0 Å². The van der Waals surface area contributed by atoms with Crippen LogP contribution < -0.4 is 9.80 Å². The summed E-state index contributed by atoms with van der Waals surface area (Å²) in [5.41, 5.74) is 4.63. The molecule has 0 bridgehead atoms. The Kier molecular flexibility index (Phi) is 6.45. The number of carboxylic acid groups (broad SMARTS) is 1. The molecule has 1 aliphatic rings. The molecule has 1 N–H and O–H groups in total. The highest BCUT2D eigenvalue weighted by molar-refractivity contribution is 6.46. The van der Waals surface area contributed by atoms with Gasteiger partial charge in [0.05, 0.1) is 16.9 Å². The molecule has 0 spiro atoms. The first-order valence-corrected chi connectivity index (χ1v) is 12.3. The van der Waals surface area contributed by atoms with E-state index in [1.807, 2.05) is 31.4 Å². The van der Waals surface area contributed by atoms with Crippen molar-refractivity contribution >= 4 is 41.3 Å². The van der Waals surface area contributed by atoms with Crippen molar-refractivity contribution in [2.24, 2.45) is 0 Å². The predicted octanol–water partition coefficient (Wildman–Crippen LogP) is 5.68. The fourth-order valence-corrected chi connectivity index (χ4v) is 4.70. The van der Waals surface area contributed by atoms with Gasteiger partial charge in [0.25, 0.3) is 11.8 Å². The van der Waals surface area contributed by atoms with Crippen molar-refractivity contribution in [2.75, 3.05) is 9.80 Å². The van der Waals surface area contributed by atoms with E-state index >= 15 is 0 Å². The van der Waals surface area contributed by atoms with Crippen LogP contribution in [0.5, 0.6) is 0 Å². The van der Waals surface area contributed by atoms with E-state index in [0.717, 1.165) is 32.4 Å². The number of carbonyl (C=O) groups is 4. The van der Waals surface area contributed by atoms with E-state index in [1.165, 1.54) is 18.2 Å². The highest BCUT2D eigenvalue weighted by atomic mass is 16.4. The van der Waals surface area contributed by atoms with Crippen molar-refractivity contribution in [2.45, 2.75) is 20.8 Å². The van der Waals surface area contributed by atoms with Crippen molar-refractivity contribution in [3.8, 4) is 5.69 Å². The Morgan fingerprint density at radius 3 is 1.82 bits per heavy atom. The second-order valence-corrected chi connectivity index (χ2v) is 9.31. The molecule has 1 aromatic heterocycles. The standard InChI is InChI=1S/C31H25N3O5/c1-19-9-13-26(14-10-19)34-29(36)27(28(35)33(31(34)39)24-7-5-4-6-8-24)18-23-17-20(2)32(21(23)3)25-15-11-22(12-16-25)30(37)38/h4-18H,1-3H3,(H,37,38)/b27-18+. The summed E-state index contributed by atoms with van der Waals surface area (Å²) in [6.07, 6.45) is 1.51. The number of hydrogen-bond donors (Lipinski definition) is 1. The summed E-state index contributed by atoms with van der Waals surface area (Å²) in [5, 5.41) is 9.22. The Labute approximate surface area is 225 Å². The van der Waals surface area contributed by atoms with E-state index in [0.29, 0.717) is 16.9 Å². The lowest BCUT2D eigenvalue weighted by Crippen LogP contribution is -2.57. The van der Waals surface area contributed by atoms with Crippen molar-refractivity contribution in [3.63, 3.8) is 0 Å². The maximum atomic E-state index is 13.7. The van der Waals surface area contributed by atoms with Gasteiger partial charge in [-0.05, 0) is 87.0 Å². The molecule has 39 heavy (non-hydrogen) atoms. The molecule has 0 atom stereocenters. The zero-order chi connectivity index (χ0) is 27.8. The predicted molar refractivity (Wildman–Crippen MR) is 148 cm³/mol. The van der Waals surface area contributed by atoms with Gasteiger partial charge in [-0.1, -0.05) is 35.9 Å². The normalized spacial score (nSPS) is 14.8. The number of aromatic nitrogens is 1. The lowest BCUT2D eigenvalue weighted by Gasteiger charge is -2.34. The van der Waals surface area contributed by atoms with Crippen LogP contribution in [0.3, 0.4) is 0 Å². The minimum atomic E-state index is -1.02. The minimum absolute atomic E-state index is 0.152. The summed E-state index contributed by atoms with van der Waals surface area (Å²) < 4.78 is 1.91. The number of barbiturate groups is 1. The van der Waals surface area contributed by atoms with Crippen LogP contribution in [-0.4, -0.2) is 33.5 Å². The molecule has 5 rings (SSSR count). The number of para-hydroxylation sites is 1. The van der Waals surface area contributed by atoms with Gasteiger partial charge >= 0.3 is 12.0 Å². The molecule has 0 aliphatic carbocycles. The summed E-state index contributed by atoms with van der Waals surface area (Å²) in [7, 11) is 0. The third-order valence-corrected chi connectivity index (χ3v) is 6.70. The SMILES string of the molecule is Cc1ccc(N2C(=O)/C(=C/c3cc(C)n(-c4ccc(C(=O)O)cc4)c3C)C(=O)N(c3ccccc3)C2=O)cc1. The number of aromatic carboxylic acids is 1. The minimum Gasteiger partial charge on any atom is -0.478 e. The Bertz CT molecular complexity index is 1650. The summed E-state index contributed by atoms with van der Waals surface area (Å²) in [4.78, 5) is 54.2. The van der Waals surface area contributed by atoms with Gasteiger partial charge in [-0.3, -0.25) is 9.59 Å². The fourth-order valence-electron chi connectivity index (χ4n) is 4.70. The van der Waals surface area contributed by atoms with Crippen LogP contribution in [-0.2, 0) is 9.59 Å². The number of carboxylic acids is 1. The van der Waals surface area contributed by atoms with Gasteiger partial charge in [0.1, 0.15) is 5.57 Å². The number of nitrogens with zero attached hydrogens (tertiary/aromatic N) is 3. The Hall–Kier alpha value is -5.24. The summed E-state index contributed by atoms with van der Waals surface area (Å²) in [5.74, 6) is -2.44. The number of imide groups is 2. The Balaban J connectivity index is 1.62. The highest BCUT2D eigenvalue weighted by Gasteiger charge is 2.43. The zero-order valence-corrected chi connectivity index (χ0v) is 21.6. The van der Waals surface area contributed by atoms with Gasteiger partial charge in [-0.25, -0.2) is 19.4 Å². The van der Waals surface area contributed by atoms with E-state index in [2.05, 4.69) is 0 Å². The molecule has 1 fully saturated rings. The number of rotatable bonds is 5. The molecule has 4 amide bonds. The first-order chi connectivity index (χ1) is 18.7. The van der Waals surface area contributed by atoms with Gasteiger partial charge in [0, 0.05) is 17.1 Å². The molecule has 0 unspecified atom stereocenters. The quantitative estimate of drug-likeness (QED) is 0.270.